The fraction of sp³-hybridized carbons (Fsp3) is 0.900. The maximum atomic E-state index is 10.5. The molecule has 0 bridgehead atoms. The summed E-state index contributed by atoms with van der Waals surface area (Å²) < 4.78 is 15.6. The number of rotatable bonds is 9. The predicted molar refractivity (Wildman–Crippen MR) is 58.1 cm³/mol. The Hall–Kier alpha value is -0.690. The number of hydrogen-bond donors (Lipinski definition) is 2. The molecule has 0 saturated carbocycles. The molecule has 0 amide bonds. The SMILES string of the molecule is CNCCOC(C)OC(C)OC(C)C(=O)O. The van der Waals surface area contributed by atoms with Crippen LogP contribution in [0.3, 0.4) is 0 Å². The van der Waals surface area contributed by atoms with Crippen molar-refractivity contribution in [2.75, 3.05) is 20.2 Å². The van der Waals surface area contributed by atoms with E-state index in [1.807, 2.05) is 7.05 Å². The van der Waals surface area contributed by atoms with Gasteiger partial charge in [-0.15, -0.1) is 0 Å². The van der Waals surface area contributed by atoms with E-state index in [2.05, 4.69) is 5.32 Å². The lowest BCUT2D eigenvalue weighted by Gasteiger charge is -2.21. The van der Waals surface area contributed by atoms with Gasteiger partial charge in [0.15, 0.2) is 18.7 Å². The third kappa shape index (κ3) is 7.58. The van der Waals surface area contributed by atoms with E-state index in [4.69, 9.17) is 19.3 Å². The van der Waals surface area contributed by atoms with Crippen LogP contribution in [0.15, 0.2) is 0 Å². The Bertz CT molecular complexity index is 200. The molecule has 0 saturated heterocycles. The molecule has 0 fully saturated rings. The van der Waals surface area contributed by atoms with E-state index in [9.17, 15) is 4.79 Å². The van der Waals surface area contributed by atoms with E-state index in [1.165, 1.54) is 6.92 Å². The molecule has 6 nitrogen and oxygen atoms in total. The van der Waals surface area contributed by atoms with Gasteiger partial charge in [-0.2, -0.15) is 0 Å². The largest absolute Gasteiger partial charge is 0.479 e. The third-order valence-corrected chi connectivity index (χ3v) is 1.83. The lowest BCUT2D eigenvalue weighted by molar-refractivity contribution is -0.243. The van der Waals surface area contributed by atoms with E-state index in [0.29, 0.717) is 6.61 Å². The molecule has 0 rings (SSSR count). The summed E-state index contributed by atoms with van der Waals surface area (Å²) in [5, 5.41) is 11.6. The molecule has 16 heavy (non-hydrogen) atoms. The van der Waals surface area contributed by atoms with Gasteiger partial charge in [-0.25, -0.2) is 4.79 Å². The Kier molecular flexibility index (Phi) is 8.10. The van der Waals surface area contributed by atoms with Gasteiger partial charge in [0.05, 0.1) is 6.61 Å². The summed E-state index contributed by atoms with van der Waals surface area (Å²) >= 11 is 0. The van der Waals surface area contributed by atoms with E-state index < -0.39 is 24.7 Å². The number of carboxylic acids is 1. The maximum Gasteiger partial charge on any atom is 0.332 e. The molecule has 0 aromatic carbocycles. The highest BCUT2D eigenvalue weighted by molar-refractivity contribution is 5.71. The van der Waals surface area contributed by atoms with Gasteiger partial charge in [0.1, 0.15) is 0 Å². The maximum absolute atomic E-state index is 10.5. The highest BCUT2D eigenvalue weighted by Gasteiger charge is 2.17. The van der Waals surface area contributed by atoms with Crippen LogP contribution in [0, 0.1) is 0 Å². The molecule has 96 valence electrons. The summed E-state index contributed by atoms with van der Waals surface area (Å²) in [7, 11) is 1.83. The minimum Gasteiger partial charge on any atom is -0.479 e. The van der Waals surface area contributed by atoms with E-state index >= 15 is 0 Å². The van der Waals surface area contributed by atoms with Gasteiger partial charge in [-0.3, -0.25) is 0 Å². The van der Waals surface area contributed by atoms with Crippen LogP contribution in [0.25, 0.3) is 0 Å². The Morgan fingerprint density at radius 1 is 1.25 bits per heavy atom. The van der Waals surface area contributed by atoms with Crippen LogP contribution in [0.1, 0.15) is 20.8 Å². The van der Waals surface area contributed by atoms with E-state index in [1.54, 1.807) is 13.8 Å². The van der Waals surface area contributed by atoms with Gasteiger partial charge in [0.25, 0.3) is 0 Å². The van der Waals surface area contributed by atoms with E-state index in [0.717, 1.165) is 6.54 Å². The van der Waals surface area contributed by atoms with Crippen molar-refractivity contribution < 1.29 is 24.1 Å². The first kappa shape index (κ1) is 15.3. The first-order valence-electron chi connectivity index (χ1n) is 5.27. The highest BCUT2D eigenvalue weighted by atomic mass is 16.8. The van der Waals surface area contributed by atoms with Crippen LogP contribution < -0.4 is 5.32 Å². The van der Waals surface area contributed by atoms with Crippen molar-refractivity contribution in [1.82, 2.24) is 5.32 Å². The van der Waals surface area contributed by atoms with Gasteiger partial charge >= 0.3 is 5.97 Å². The molecular formula is C10H21NO5. The smallest absolute Gasteiger partial charge is 0.332 e. The van der Waals surface area contributed by atoms with Gasteiger partial charge in [0, 0.05) is 6.54 Å². The average molecular weight is 235 g/mol. The summed E-state index contributed by atoms with van der Waals surface area (Å²) in [5.41, 5.74) is 0. The first-order valence-corrected chi connectivity index (χ1v) is 5.27. The van der Waals surface area contributed by atoms with Gasteiger partial charge < -0.3 is 24.6 Å². The predicted octanol–water partition coefficient (Wildman–Crippen LogP) is 0.421. The van der Waals surface area contributed by atoms with Crippen molar-refractivity contribution >= 4 is 5.97 Å². The summed E-state index contributed by atoms with van der Waals surface area (Å²) in [4.78, 5) is 10.5. The Balaban J connectivity index is 3.68. The Morgan fingerprint density at radius 3 is 2.38 bits per heavy atom. The quantitative estimate of drug-likeness (QED) is 0.445. The zero-order valence-electron chi connectivity index (χ0n) is 10.2. The lowest BCUT2D eigenvalue weighted by Crippen LogP contribution is -2.30. The second kappa shape index (κ2) is 8.46. The molecule has 0 heterocycles. The van der Waals surface area contributed by atoms with Crippen LogP contribution in [-0.2, 0) is 19.0 Å². The average Bonchev–Trinajstić information content (AvgIpc) is 2.17. The lowest BCUT2D eigenvalue weighted by atomic mass is 10.4. The van der Waals surface area contributed by atoms with Gasteiger partial charge in [-0.05, 0) is 27.8 Å². The van der Waals surface area contributed by atoms with Crippen molar-refractivity contribution in [3.8, 4) is 0 Å². The zero-order chi connectivity index (χ0) is 12.6. The molecule has 0 aromatic rings. The molecule has 0 aliphatic heterocycles. The number of nitrogens with one attached hydrogen (secondary N) is 1. The van der Waals surface area contributed by atoms with Crippen LogP contribution in [0.5, 0.6) is 0 Å². The Morgan fingerprint density at radius 2 is 1.88 bits per heavy atom. The second-order valence-corrected chi connectivity index (χ2v) is 3.36. The number of carboxylic acid groups (broad SMARTS) is 1. The molecular weight excluding hydrogens is 214 g/mol. The molecule has 0 radical (unpaired) electrons. The molecule has 6 heteroatoms. The second-order valence-electron chi connectivity index (χ2n) is 3.36. The van der Waals surface area contributed by atoms with E-state index in [-0.39, 0.29) is 0 Å². The summed E-state index contributed by atoms with van der Waals surface area (Å²) in [5.74, 6) is -1.01. The fourth-order valence-corrected chi connectivity index (χ4v) is 1.01. The highest BCUT2D eigenvalue weighted by Crippen LogP contribution is 2.04. The minimum atomic E-state index is -1.01. The molecule has 3 unspecified atom stereocenters. The summed E-state index contributed by atoms with van der Waals surface area (Å²) in [6.07, 6.45) is -1.93. The monoisotopic (exact) mass is 235 g/mol. The first-order chi connectivity index (χ1) is 7.47. The van der Waals surface area contributed by atoms with Crippen LogP contribution in [-0.4, -0.2) is 50.0 Å². The molecule has 0 aliphatic rings. The normalized spacial score (nSPS) is 16.8. The number of ether oxygens (including phenoxy) is 3. The minimum absolute atomic E-state index is 0.427. The van der Waals surface area contributed by atoms with Crippen molar-refractivity contribution in [2.24, 2.45) is 0 Å². The van der Waals surface area contributed by atoms with Crippen molar-refractivity contribution in [1.29, 1.82) is 0 Å². The summed E-state index contributed by atoms with van der Waals surface area (Å²) in [6, 6.07) is 0. The topological polar surface area (TPSA) is 77.0 Å². The molecule has 0 aromatic heterocycles. The van der Waals surface area contributed by atoms with Crippen LogP contribution in [0.4, 0.5) is 0 Å². The van der Waals surface area contributed by atoms with Crippen molar-refractivity contribution in [3.63, 3.8) is 0 Å². The van der Waals surface area contributed by atoms with Crippen molar-refractivity contribution in [2.45, 2.75) is 39.5 Å². The fourth-order valence-electron chi connectivity index (χ4n) is 1.01. The molecule has 3 atom stereocenters. The van der Waals surface area contributed by atoms with Crippen molar-refractivity contribution in [3.05, 3.63) is 0 Å². The number of hydrogen-bond acceptors (Lipinski definition) is 5. The molecule has 2 N–H and O–H groups in total. The zero-order valence-corrected chi connectivity index (χ0v) is 10.2. The molecule has 0 spiro atoms. The standard InChI is InChI=1S/C10H21NO5/c1-7(10(12)13)15-9(3)16-8(2)14-6-5-11-4/h7-9,11H,5-6H2,1-4H3,(H,12,13). The third-order valence-electron chi connectivity index (χ3n) is 1.83. The van der Waals surface area contributed by atoms with Crippen LogP contribution >= 0.6 is 0 Å². The van der Waals surface area contributed by atoms with Gasteiger partial charge in [-0.1, -0.05) is 0 Å². The number of aliphatic carboxylic acids is 1. The number of likely N-dealkylation sites (N-methyl/N-ethyl adjacent to an activating group) is 1. The van der Waals surface area contributed by atoms with Crippen LogP contribution in [0.2, 0.25) is 0 Å². The molecule has 0 aliphatic carbocycles. The Labute approximate surface area is 95.9 Å². The van der Waals surface area contributed by atoms with Gasteiger partial charge in [0.2, 0.25) is 0 Å². The summed E-state index contributed by atoms with van der Waals surface area (Å²) in [6.45, 7) is 6.08. The number of carbonyl (C=O) groups is 1.